The summed E-state index contributed by atoms with van der Waals surface area (Å²) in [6.45, 7) is 0.288. The molecule has 2 aromatic rings. The molecule has 0 aromatic heterocycles. The molecule has 158 valence electrons. The topological polar surface area (TPSA) is 114 Å². The summed E-state index contributed by atoms with van der Waals surface area (Å²) in [6.07, 6.45) is 1.11. The lowest BCUT2D eigenvalue weighted by Crippen LogP contribution is -2.49. The van der Waals surface area contributed by atoms with Crippen LogP contribution in [0.5, 0.6) is 17.2 Å². The number of sulfonamides is 1. The number of rotatable bonds is 6. The van der Waals surface area contributed by atoms with Crippen LogP contribution in [0.2, 0.25) is 0 Å². The Morgan fingerprint density at radius 3 is 2.13 bits per heavy atom. The van der Waals surface area contributed by atoms with E-state index in [0.29, 0.717) is 30.1 Å². The van der Waals surface area contributed by atoms with E-state index in [2.05, 4.69) is 10.6 Å². The van der Waals surface area contributed by atoms with E-state index >= 15 is 0 Å². The molecule has 2 unspecified atom stereocenters. The standard InChI is InChI=1S/C20H21N3O6S/c1-28-13-4-6-14(7-5-13)29-15-8-10-16(11-9-15)30(26,27)23-12-2-3-17(23)18-19(24)22-20(25)21-18/h4-11,17-18H,2-3,12H2,1H3,(H2,21,22,24,25). The number of carbonyl (C=O) groups excluding carboxylic acids is 2. The van der Waals surface area contributed by atoms with Gasteiger partial charge in [-0.1, -0.05) is 0 Å². The maximum Gasteiger partial charge on any atom is 0.322 e. The van der Waals surface area contributed by atoms with Gasteiger partial charge in [0.1, 0.15) is 23.3 Å². The van der Waals surface area contributed by atoms with Crippen molar-refractivity contribution in [2.75, 3.05) is 13.7 Å². The molecule has 2 fully saturated rings. The van der Waals surface area contributed by atoms with Gasteiger partial charge in [0, 0.05) is 6.54 Å². The average molecular weight is 431 g/mol. The van der Waals surface area contributed by atoms with Crippen molar-refractivity contribution in [1.29, 1.82) is 0 Å². The van der Waals surface area contributed by atoms with Gasteiger partial charge < -0.3 is 14.8 Å². The van der Waals surface area contributed by atoms with Crippen LogP contribution in [-0.2, 0) is 14.8 Å². The number of nitrogens with one attached hydrogen (secondary N) is 2. The lowest BCUT2D eigenvalue weighted by Gasteiger charge is -2.27. The van der Waals surface area contributed by atoms with E-state index < -0.39 is 34.0 Å². The summed E-state index contributed by atoms with van der Waals surface area (Å²) in [5, 5.41) is 4.67. The van der Waals surface area contributed by atoms with Gasteiger partial charge in [-0.3, -0.25) is 10.1 Å². The third-order valence-corrected chi connectivity index (χ3v) is 7.10. The molecule has 4 rings (SSSR count). The van der Waals surface area contributed by atoms with Crippen LogP contribution in [0.4, 0.5) is 4.79 Å². The van der Waals surface area contributed by atoms with Crippen LogP contribution < -0.4 is 20.1 Å². The molecule has 30 heavy (non-hydrogen) atoms. The molecule has 2 aromatic carbocycles. The van der Waals surface area contributed by atoms with E-state index in [0.717, 1.165) is 0 Å². The number of benzene rings is 2. The first-order valence-electron chi connectivity index (χ1n) is 9.43. The van der Waals surface area contributed by atoms with Crippen LogP contribution >= 0.6 is 0 Å². The minimum atomic E-state index is -3.83. The Labute approximate surface area is 174 Å². The summed E-state index contributed by atoms with van der Waals surface area (Å²) >= 11 is 0. The zero-order valence-corrected chi connectivity index (χ0v) is 17.0. The van der Waals surface area contributed by atoms with E-state index in [1.807, 2.05) is 0 Å². The molecular weight excluding hydrogens is 410 g/mol. The number of nitrogens with zero attached hydrogens (tertiary/aromatic N) is 1. The second-order valence-corrected chi connectivity index (χ2v) is 8.91. The van der Waals surface area contributed by atoms with Crippen molar-refractivity contribution in [1.82, 2.24) is 14.9 Å². The van der Waals surface area contributed by atoms with E-state index in [1.54, 1.807) is 43.5 Å². The van der Waals surface area contributed by atoms with Gasteiger partial charge in [-0.05, 0) is 61.4 Å². The van der Waals surface area contributed by atoms with Gasteiger partial charge >= 0.3 is 6.03 Å². The largest absolute Gasteiger partial charge is 0.497 e. The fourth-order valence-corrected chi connectivity index (χ4v) is 5.40. The Balaban J connectivity index is 1.51. The number of urea groups is 1. The maximum absolute atomic E-state index is 13.2. The van der Waals surface area contributed by atoms with Crippen LogP contribution in [0, 0.1) is 0 Å². The number of imide groups is 1. The van der Waals surface area contributed by atoms with Gasteiger partial charge in [0.25, 0.3) is 5.91 Å². The quantitative estimate of drug-likeness (QED) is 0.675. The molecule has 0 spiro atoms. The molecule has 10 heteroatoms. The Hall–Kier alpha value is -3.11. The molecule has 2 N–H and O–H groups in total. The highest BCUT2D eigenvalue weighted by atomic mass is 32.2. The van der Waals surface area contributed by atoms with Gasteiger partial charge in [-0.15, -0.1) is 0 Å². The number of carbonyl (C=O) groups is 2. The maximum atomic E-state index is 13.2. The van der Waals surface area contributed by atoms with Crippen LogP contribution in [0.3, 0.4) is 0 Å². The highest BCUT2D eigenvalue weighted by molar-refractivity contribution is 7.89. The molecule has 9 nitrogen and oxygen atoms in total. The van der Waals surface area contributed by atoms with Crippen molar-refractivity contribution in [3.63, 3.8) is 0 Å². The summed E-state index contributed by atoms with van der Waals surface area (Å²) in [4.78, 5) is 23.5. The molecular formula is C20H21N3O6S. The molecule has 2 aliphatic heterocycles. The molecule has 0 radical (unpaired) electrons. The highest BCUT2D eigenvalue weighted by Gasteiger charge is 2.45. The molecule has 2 aliphatic rings. The number of hydrogen-bond acceptors (Lipinski definition) is 6. The van der Waals surface area contributed by atoms with Gasteiger partial charge in [0.15, 0.2) is 0 Å². The van der Waals surface area contributed by atoms with Crippen molar-refractivity contribution < 1.29 is 27.5 Å². The molecule has 2 saturated heterocycles. The third kappa shape index (κ3) is 3.83. The molecule has 2 heterocycles. The Morgan fingerprint density at radius 1 is 0.967 bits per heavy atom. The van der Waals surface area contributed by atoms with Crippen molar-refractivity contribution in [2.45, 2.75) is 29.8 Å². The number of hydrogen-bond donors (Lipinski definition) is 2. The van der Waals surface area contributed by atoms with Crippen LogP contribution in [-0.4, -0.2) is 50.4 Å². The van der Waals surface area contributed by atoms with Gasteiger partial charge in [-0.2, -0.15) is 4.31 Å². The average Bonchev–Trinajstić information content (AvgIpc) is 3.35. The molecule has 0 aliphatic carbocycles. The Bertz CT molecular complexity index is 1050. The van der Waals surface area contributed by atoms with E-state index in [4.69, 9.17) is 9.47 Å². The minimum absolute atomic E-state index is 0.0983. The predicted molar refractivity (Wildman–Crippen MR) is 107 cm³/mol. The van der Waals surface area contributed by atoms with Gasteiger partial charge in [-0.25, -0.2) is 13.2 Å². The summed E-state index contributed by atoms with van der Waals surface area (Å²) in [6, 6.07) is 11.0. The fraction of sp³-hybridized carbons (Fsp3) is 0.300. The lowest BCUT2D eigenvalue weighted by atomic mass is 10.1. The number of methoxy groups -OCH3 is 1. The summed E-state index contributed by atoms with van der Waals surface area (Å²) in [7, 11) is -2.26. The normalized spacial score (nSPS) is 21.9. The number of ether oxygens (including phenoxy) is 2. The molecule has 3 amide bonds. The van der Waals surface area contributed by atoms with E-state index in [-0.39, 0.29) is 11.4 Å². The zero-order chi connectivity index (χ0) is 21.3. The van der Waals surface area contributed by atoms with Gasteiger partial charge in [0.05, 0.1) is 18.0 Å². The molecule has 0 saturated carbocycles. The second kappa shape index (κ2) is 7.96. The lowest BCUT2D eigenvalue weighted by molar-refractivity contribution is -0.121. The van der Waals surface area contributed by atoms with Crippen molar-refractivity contribution >= 4 is 22.0 Å². The van der Waals surface area contributed by atoms with Gasteiger partial charge in [0.2, 0.25) is 10.0 Å². The first-order chi connectivity index (χ1) is 14.4. The Kier molecular flexibility index (Phi) is 5.35. The SMILES string of the molecule is COc1ccc(Oc2ccc(S(=O)(=O)N3CCCC3C3NC(=O)NC3=O)cc2)cc1. The molecule has 2 atom stereocenters. The van der Waals surface area contributed by atoms with Crippen LogP contribution in [0.1, 0.15) is 12.8 Å². The van der Waals surface area contributed by atoms with Crippen molar-refractivity contribution in [2.24, 2.45) is 0 Å². The van der Waals surface area contributed by atoms with Crippen molar-refractivity contribution in [3.8, 4) is 17.2 Å². The smallest absolute Gasteiger partial charge is 0.322 e. The summed E-state index contributed by atoms with van der Waals surface area (Å²) in [5.74, 6) is 1.28. The zero-order valence-electron chi connectivity index (χ0n) is 16.2. The predicted octanol–water partition coefficient (Wildman–Crippen LogP) is 1.85. The third-order valence-electron chi connectivity index (χ3n) is 5.16. The van der Waals surface area contributed by atoms with Crippen molar-refractivity contribution in [3.05, 3.63) is 48.5 Å². The Morgan fingerprint density at radius 2 is 1.57 bits per heavy atom. The van der Waals surface area contributed by atoms with E-state index in [1.165, 1.54) is 16.4 Å². The fourth-order valence-electron chi connectivity index (χ4n) is 3.70. The van der Waals surface area contributed by atoms with Crippen LogP contribution in [0.25, 0.3) is 0 Å². The number of amides is 3. The van der Waals surface area contributed by atoms with E-state index in [9.17, 15) is 18.0 Å². The first kappa shape index (κ1) is 20.2. The second-order valence-electron chi connectivity index (χ2n) is 7.01. The molecule has 0 bridgehead atoms. The highest BCUT2D eigenvalue weighted by Crippen LogP contribution is 2.30. The monoisotopic (exact) mass is 431 g/mol. The van der Waals surface area contributed by atoms with Crippen LogP contribution in [0.15, 0.2) is 53.4 Å². The first-order valence-corrected chi connectivity index (χ1v) is 10.9. The summed E-state index contributed by atoms with van der Waals surface area (Å²) in [5.41, 5.74) is 0. The minimum Gasteiger partial charge on any atom is -0.497 e. The summed E-state index contributed by atoms with van der Waals surface area (Å²) < 4.78 is 38.4.